The van der Waals surface area contributed by atoms with Crippen molar-refractivity contribution >= 4 is 44.8 Å². The number of carbonyl (C=O) groups excluding carboxylic acids is 1. The first-order chi connectivity index (χ1) is 10.1. The van der Waals surface area contributed by atoms with Crippen molar-refractivity contribution in [2.75, 3.05) is 17.2 Å². The van der Waals surface area contributed by atoms with Crippen molar-refractivity contribution in [1.29, 1.82) is 0 Å². The quantitative estimate of drug-likeness (QED) is 0.765. The zero-order valence-electron chi connectivity index (χ0n) is 11.6. The third-order valence-electron chi connectivity index (χ3n) is 2.91. The lowest BCUT2D eigenvalue weighted by Gasteiger charge is -2.13. The van der Waals surface area contributed by atoms with Crippen LogP contribution in [0.5, 0.6) is 0 Å². The maximum Gasteiger partial charge on any atom is 0.257 e. The topological polar surface area (TPSA) is 41.1 Å². The van der Waals surface area contributed by atoms with Crippen molar-refractivity contribution in [2.24, 2.45) is 0 Å². The Bertz CT molecular complexity index is 646. The largest absolute Gasteiger partial charge is 0.384 e. The molecule has 1 amide bonds. The Morgan fingerprint density at radius 3 is 2.67 bits per heavy atom. The second-order valence-corrected chi connectivity index (χ2v) is 5.84. The molecule has 0 aliphatic heterocycles. The Hall–Kier alpha value is -1.52. The number of amides is 1. The van der Waals surface area contributed by atoms with Crippen LogP contribution in [-0.2, 0) is 0 Å². The van der Waals surface area contributed by atoms with E-state index in [4.69, 9.17) is 11.6 Å². The number of nitrogens with one attached hydrogen (secondary N) is 2. The zero-order valence-corrected chi connectivity index (χ0v) is 14.0. The van der Waals surface area contributed by atoms with Gasteiger partial charge in [-0.3, -0.25) is 4.79 Å². The molecule has 0 aromatic heterocycles. The summed E-state index contributed by atoms with van der Waals surface area (Å²) in [5.74, 6) is -0.192. The van der Waals surface area contributed by atoms with Gasteiger partial charge in [-0.25, -0.2) is 0 Å². The first-order valence-electron chi connectivity index (χ1n) is 6.71. The Balaban J connectivity index is 2.25. The number of para-hydroxylation sites is 1. The van der Waals surface area contributed by atoms with Gasteiger partial charge in [-0.05, 0) is 52.7 Å². The molecular weight excluding hydrogens is 352 g/mol. The van der Waals surface area contributed by atoms with E-state index in [1.807, 2.05) is 30.3 Å². The van der Waals surface area contributed by atoms with E-state index < -0.39 is 0 Å². The van der Waals surface area contributed by atoms with Crippen LogP contribution in [0.2, 0.25) is 5.02 Å². The average Bonchev–Trinajstić information content (AvgIpc) is 2.48. The third kappa shape index (κ3) is 4.22. The van der Waals surface area contributed by atoms with Crippen molar-refractivity contribution < 1.29 is 4.79 Å². The van der Waals surface area contributed by atoms with E-state index in [0.29, 0.717) is 10.6 Å². The first kappa shape index (κ1) is 15.9. The van der Waals surface area contributed by atoms with Gasteiger partial charge in [0.1, 0.15) is 0 Å². The summed E-state index contributed by atoms with van der Waals surface area (Å²) in [5, 5.41) is 6.66. The predicted octanol–water partition coefficient (Wildman–Crippen LogP) is 5.18. The Labute approximate surface area is 137 Å². The van der Waals surface area contributed by atoms with Gasteiger partial charge in [-0.1, -0.05) is 30.7 Å². The minimum atomic E-state index is -0.192. The zero-order chi connectivity index (χ0) is 15.2. The molecule has 2 aromatic rings. The smallest absolute Gasteiger partial charge is 0.257 e. The molecule has 0 saturated heterocycles. The molecule has 21 heavy (non-hydrogen) atoms. The summed E-state index contributed by atoms with van der Waals surface area (Å²) in [6.45, 7) is 2.88. The molecule has 0 bridgehead atoms. The minimum Gasteiger partial charge on any atom is -0.384 e. The van der Waals surface area contributed by atoms with Gasteiger partial charge in [-0.2, -0.15) is 0 Å². The van der Waals surface area contributed by atoms with E-state index in [2.05, 4.69) is 33.5 Å². The molecule has 3 nitrogen and oxygen atoms in total. The van der Waals surface area contributed by atoms with Gasteiger partial charge in [0.15, 0.2) is 0 Å². The molecule has 0 atom stereocenters. The van der Waals surface area contributed by atoms with Crippen LogP contribution in [0.4, 0.5) is 11.4 Å². The van der Waals surface area contributed by atoms with E-state index in [-0.39, 0.29) is 5.91 Å². The van der Waals surface area contributed by atoms with Gasteiger partial charge in [0.05, 0.1) is 11.3 Å². The molecule has 0 spiro atoms. The number of rotatable bonds is 5. The summed E-state index contributed by atoms with van der Waals surface area (Å²) in [7, 11) is 0. The molecule has 0 saturated carbocycles. The normalized spacial score (nSPS) is 10.2. The molecule has 2 rings (SSSR count). The summed E-state index contributed by atoms with van der Waals surface area (Å²) in [5.41, 5.74) is 2.04. The number of halogens is 2. The highest BCUT2D eigenvalue weighted by molar-refractivity contribution is 9.10. The van der Waals surface area contributed by atoms with E-state index in [1.165, 1.54) is 0 Å². The number of anilines is 2. The summed E-state index contributed by atoms with van der Waals surface area (Å²) in [4.78, 5) is 12.5. The molecule has 0 radical (unpaired) electrons. The van der Waals surface area contributed by atoms with Crippen LogP contribution in [0.15, 0.2) is 46.9 Å². The fourth-order valence-electron chi connectivity index (χ4n) is 1.87. The highest BCUT2D eigenvalue weighted by Crippen LogP contribution is 2.25. The highest BCUT2D eigenvalue weighted by atomic mass is 79.9. The maximum absolute atomic E-state index is 12.5. The summed E-state index contributed by atoms with van der Waals surface area (Å²) >= 11 is 9.43. The fraction of sp³-hybridized carbons (Fsp3) is 0.188. The Morgan fingerprint density at radius 2 is 1.95 bits per heavy atom. The molecule has 0 unspecified atom stereocenters. The van der Waals surface area contributed by atoms with Crippen LogP contribution in [-0.4, -0.2) is 12.5 Å². The molecular formula is C16H16BrClN2O. The van der Waals surface area contributed by atoms with Crippen LogP contribution >= 0.6 is 27.5 Å². The van der Waals surface area contributed by atoms with Crippen molar-refractivity contribution in [3.05, 3.63) is 57.5 Å². The van der Waals surface area contributed by atoms with Gasteiger partial charge >= 0.3 is 0 Å². The fourth-order valence-corrected chi connectivity index (χ4v) is 2.43. The minimum absolute atomic E-state index is 0.192. The molecule has 0 fully saturated rings. The van der Waals surface area contributed by atoms with Crippen LogP contribution in [0.1, 0.15) is 23.7 Å². The van der Waals surface area contributed by atoms with Crippen molar-refractivity contribution in [3.8, 4) is 0 Å². The van der Waals surface area contributed by atoms with Crippen molar-refractivity contribution in [2.45, 2.75) is 13.3 Å². The van der Waals surface area contributed by atoms with Gasteiger partial charge in [0, 0.05) is 21.7 Å². The third-order valence-corrected chi connectivity index (χ3v) is 3.84. The molecule has 0 heterocycles. The van der Waals surface area contributed by atoms with Crippen molar-refractivity contribution in [1.82, 2.24) is 0 Å². The van der Waals surface area contributed by atoms with Crippen molar-refractivity contribution in [3.63, 3.8) is 0 Å². The Morgan fingerprint density at radius 1 is 1.19 bits per heavy atom. The number of hydrogen-bond acceptors (Lipinski definition) is 2. The van der Waals surface area contributed by atoms with Gasteiger partial charge in [-0.15, -0.1) is 0 Å². The standard InChI is InChI=1S/C16H16BrClN2O/c1-2-9-19-14-8-7-11(18)10-12(14)16(21)20-15-6-4-3-5-13(15)17/h3-8,10,19H,2,9H2,1H3,(H,20,21). The summed E-state index contributed by atoms with van der Waals surface area (Å²) < 4.78 is 0.837. The van der Waals surface area contributed by atoms with Crippen LogP contribution in [0.3, 0.4) is 0 Å². The Kier molecular flexibility index (Phi) is 5.65. The van der Waals surface area contributed by atoms with E-state index in [0.717, 1.165) is 28.8 Å². The summed E-state index contributed by atoms with van der Waals surface area (Å²) in [6.07, 6.45) is 0.980. The summed E-state index contributed by atoms with van der Waals surface area (Å²) in [6, 6.07) is 12.8. The molecule has 110 valence electrons. The maximum atomic E-state index is 12.5. The lowest BCUT2D eigenvalue weighted by atomic mass is 10.1. The van der Waals surface area contributed by atoms with Crippen LogP contribution < -0.4 is 10.6 Å². The molecule has 2 aromatic carbocycles. The SMILES string of the molecule is CCCNc1ccc(Cl)cc1C(=O)Nc1ccccc1Br. The van der Waals surface area contributed by atoms with E-state index >= 15 is 0 Å². The lowest BCUT2D eigenvalue weighted by molar-refractivity contribution is 0.102. The van der Waals surface area contributed by atoms with Gasteiger partial charge < -0.3 is 10.6 Å². The molecule has 0 aliphatic carbocycles. The van der Waals surface area contributed by atoms with E-state index in [9.17, 15) is 4.79 Å². The van der Waals surface area contributed by atoms with Gasteiger partial charge in [0.2, 0.25) is 0 Å². The van der Waals surface area contributed by atoms with Crippen LogP contribution in [0.25, 0.3) is 0 Å². The van der Waals surface area contributed by atoms with Gasteiger partial charge in [0.25, 0.3) is 5.91 Å². The highest BCUT2D eigenvalue weighted by Gasteiger charge is 2.13. The van der Waals surface area contributed by atoms with Crippen LogP contribution in [0, 0.1) is 0 Å². The average molecular weight is 368 g/mol. The number of carbonyl (C=O) groups is 1. The second-order valence-electron chi connectivity index (χ2n) is 4.55. The molecule has 0 aliphatic rings. The monoisotopic (exact) mass is 366 g/mol. The first-order valence-corrected chi connectivity index (χ1v) is 7.88. The van der Waals surface area contributed by atoms with E-state index in [1.54, 1.807) is 12.1 Å². The number of hydrogen-bond donors (Lipinski definition) is 2. The lowest BCUT2D eigenvalue weighted by Crippen LogP contribution is -2.15. The predicted molar refractivity (Wildman–Crippen MR) is 92.3 cm³/mol. The second kappa shape index (κ2) is 7.48. The molecule has 2 N–H and O–H groups in total. The number of benzene rings is 2. The molecule has 5 heteroatoms.